The van der Waals surface area contributed by atoms with E-state index >= 15 is 0 Å². The summed E-state index contributed by atoms with van der Waals surface area (Å²) in [5.41, 5.74) is 4.08. The van der Waals surface area contributed by atoms with Crippen LogP contribution in [-0.4, -0.2) is 14.1 Å². The lowest BCUT2D eigenvalue weighted by atomic mass is 9.87. The van der Waals surface area contributed by atoms with E-state index in [1.807, 2.05) is 49.4 Å². The molecule has 0 spiro atoms. The van der Waals surface area contributed by atoms with Crippen LogP contribution in [0.15, 0.2) is 91.7 Å². The molecule has 2 aromatic rings. The molecule has 0 aliphatic carbocycles. The van der Waals surface area contributed by atoms with E-state index in [1.165, 1.54) is 0 Å². The molecule has 0 aliphatic rings. The molecule has 23 heavy (non-hydrogen) atoms. The van der Waals surface area contributed by atoms with Crippen molar-refractivity contribution in [3.8, 4) is 0 Å². The quantitative estimate of drug-likeness (QED) is 0.530. The van der Waals surface area contributed by atoms with Crippen molar-refractivity contribution in [2.24, 2.45) is 0 Å². The van der Waals surface area contributed by atoms with Crippen LogP contribution in [0.4, 0.5) is 11.4 Å². The van der Waals surface area contributed by atoms with Gasteiger partial charge in [0.05, 0.1) is 0 Å². The molecule has 0 aliphatic heterocycles. The van der Waals surface area contributed by atoms with Gasteiger partial charge in [-0.2, -0.15) is 0 Å². The number of allylic oxidation sites excluding steroid dienone is 3. The molecule has 0 saturated heterocycles. The molecular weight excluding hydrogens is 281 g/mol. The fraction of sp³-hybridized carbons (Fsp3) is 0.100. The Labute approximate surface area is 139 Å². The minimum absolute atomic E-state index is 0.654. The van der Waals surface area contributed by atoms with Gasteiger partial charge in [-0.15, -0.1) is 0 Å². The molecule has 0 bridgehead atoms. The smallest absolute Gasteiger partial charge is 0.330 e. The van der Waals surface area contributed by atoms with E-state index in [4.69, 9.17) is 4.65 Å². The van der Waals surface area contributed by atoms with Gasteiger partial charge in [0.2, 0.25) is 0 Å². The Morgan fingerprint density at radius 2 is 1.83 bits per heavy atom. The summed E-state index contributed by atoms with van der Waals surface area (Å²) >= 11 is 0. The molecule has 0 N–H and O–H groups in total. The molecule has 0 unspecified atom stereocenters. The van der Waals surface area contributed by atoms with Crippen LogP contribution in [0.25, 0.3) is 0 Å². The van der Waals surface area contributed by atoms with Crippen LogP contribution in [-0.2, 0) is 4.65 Å². The fourth-order valence-electron chi connectivity index (χ4n) is 2.30. The minimum Gasteiger partial charge on any atom is -0.434 e. The number of nitrogens with zero attached hydrogens (tertiary/aromatic N) is 1. The van der Waals surface area contributed by atoms with Gasteiger partial charge in [-0.05, 0) is 43.3 Å². The Hall–Kier alpha value is -2.52. The van der Waals surface area contributed by atoms with Gasteiger partial charge in [0, 0.05) is 23.7 Å². The van der Waals surface area contributed by atoms with Crippen LogP contribution in [0.2, 0.25) is 0 Å². The van der Waals surface area contributed by atoms with Gasteiger partial charge in [0.25, 0.3) is 0 Å². The number of benzene rings is 2. The molecule has 115 valence electrons. The van der Waals surface area contributed by atoms with Crippen LogP contribution >= 0.6 is 0 Å². The van der Waals surface area contributed by atoms with Crippen LogP contribution in [0.5, 0.6) is 0 Å². The number of hydrogen-bond acceptors (Lipinski definition) is 2. The zero-order valence-electron chi connectivity index (χ0n) is 13.5. The topological polar surface area (TPSA) is 12.5 Å². The molecule has 2 nitrogen and oxygen atoms in total. The Morgan fingerprint density at radius 3 is 2.48 bits per heavy atom. The minimum atomic E-state index is 0.654. The summed E-state index contributed by atoms with van der Waals surface area (Å²) < 4.78 is 5.40. The molecule has 0 fully saturated rings. The second-order valence-corrected chi connectivity index (χ2v) is 4.87. The summed E-state index contributed by atoms with van der Waals surface area (Å²) in [6.45, 7) is 10.4. The first kappa shape index (κ1) is 16.8. The number of anilines is 2. The monoisotopic (exact) mass is 302 g/mol. The molecule has 2 rings (SSSR count). The molecule has 0 heterocycles. The molecule has 2 aromatic carbocycles. The maximum atomic E-state index is 5.40. The summed E-state index contributed by atoms with van der Waals surface area (Å²) in [6, 6.07) is 18.4. The van der Waals surface area contributed by atoms with Gasteiger partial charge in [-0.25, -0.2) is 0 Å². The lowest BCUT2D eigenvalue weighted by Gasteiger charge is -2.26. The van der Waals surface area contributed by atoms with E-state index in [0.717, 1.165) is 22.5 Å². The zero-order chi connectivity index (χ0) is 16.5. The standard InChI is InChI=1S/C20H21BNO/c1-4-11-18(5-2)22(19-13-8-7-9-14-19)20-15-10-12-17(16-20)21-23-6-3/h4-5,7-16H,1-2,6H2,3H3. The van der Waals surface area contributed by atoms with Crippen LogP contribution in [0.3, 0.4) is 0 Å². The third-order valence-electron chi connectivity index (χ3n) is 3.28. The van der Waals surface area contributed by atoms with E-state index in [1.54, 1.807) is 13.6 Å². The average molecular weight is 302 g/mol. The normalized spacial score (nSPS) is 10.9. The van der Waals surface area contributed by atoms with Crippen molar-refractivity contribution in [1.29, 1.82) is 0 Å². The average Bonchev–Trinajstić information content (AvgIpc) is 2.61. The summed E-state index contributed by atoms with van der Waals surface area (Å²) in [4.78, 5) is 2.14. The van der Waals surface area contributed by atoms with Crippen molar-refractivity contribution in [3.05, 3.63) is 91.7 Å². The van der Waals surface area contributed by atoms with Crippen LogP contribution < -0.4 is 10.4 Å². The Balaban J connectivity index is 2.47. The van der Waals surface area contributed by atoms with E-state index in [0.29, 0.717) is 6.61 Å². The predicted octanol–water partition coefficient (Wildman–Crippen LogP) is 4.36. The van der Waals surface area contributed by atoms with Crippen molar-refractivity contribution in [2.75, 3.05) is 11.5 Å². The second kappa shape index (κ2) is 8.81. The Bertz CT molecular complexity index is 679. The maximum Gasteiger partial charge on any atom is 0.330 e. The summed E-state index contributed by atoms with van der Waals surface area (Å²) in [5, 5.41) is 0. The third-order valence-corrected chi connectivity index (χ3v) is 3.28. The molecule has 0 aromatic heterocycles. The Kier molecular flexibility index (Phi) is 6.46. The SMILES string of the molecule is C=CC=C(C=C)N(c1ccccc1)c1cccc([B]OCC)c1. The van der Waals surface area contributed by atoms with E-state index in [2.05, 4.69) is 42.3 Å². The molecule has 1 radical (unpaired) electrons. The van der Waals surface area contributed by atoms with Crippen molar-refractivity contribution in [3.63, 3.8) is 0 Å². The fourth-order valence-corrected chi connectivity index (χ4v) is 2.30. The molecular formula is C20H21BNO. The van der Waals surface area contributed by atoms with E-state index < -0.39 is 0 Å². The summed E-state index contributed by atoms with van der Waals surface area (Å²) in [7, 11) is 1.78. The predicted molar refractivity (Wildman–Crippen MR) is 101 cm³/mol. The second-order valence-electron chi connectivity index (χ2n) is 4.87. The highest BCUT2D eigenvalue weighted by Gasteiger charge is 2.12. The third kappa shape index (κ3) is 4.48. The van der Waals surface area contributed by atoms with Gasteiger partial charge < -0.3 is 9.55 Å². The van der Waals surface area contributed by atoms with Crippen LogP contribution in [0, 0.1) is 0 Å². The lowest BCUT2D eigenvalue weighted by molar-refractivity contribution is 0.367. The summed E-state index contributed by atoms with van der Waals surface area (Å²) in [6.07, 6.45) is 5.54. The van der Waals surface area contributed by atoms with Gasteiger partial charge >= 0.3 is 7.48 Å². The van der Waals surface area contributed by atoms with Crippen molar-refractivity contribution in [1.82, 2.24) is 0 Å². The lowest BCUT2D eigenvalue weighted by Crippen LogP contribution is -2.21. The Morgan fingerprint density at radius 1 is 1.09 bits per heavy atom. The van der Waals surface area contributed by atoms with Gasteiger partial charge in [-0.3, -0.25) is 0 Å². The van der Waals surface area contributed by atoms with E-state index in [-0.39, 0.29) is 0 Å². The highest BCUT2D eigenvalue weighted by atomic mass is 16.4. The maximum absolute atomic E-state index is 5.40. The van der Waals surface area contributed by atoms with E-state index in [9.17, 15) is 0 Å². The summed E-state index contributed by atoms with van der Waals surface area (Å²) in [5.74, 6) is 0. The van der Waals surface area contributed by atoms with Crippen molar-refractivity contribution >= 4 is 24.3 Å². The van der Waals surface area contributed by atoms with Crippen molar-refractivity contribution < 1.29 is 4.65 Å². The number of hydrogen-bond donors (Lipinski definition) is 0. The number of para-hydroxylation sites is 1. The highest BCUT2D eigenvalue weighted by molar-refractivity contribution is 6.47. The largest absolute Gasteiger partial charge is 0.434 e. The van der Waals surface area contributed by atoms with Gasteiger partial charge in [0.1, 0.15) is 0 Å². The molecule has 3 heteroatoms. The number of rotatable bonds is 8. The first-order valence-corrected chi connectivity index (χ1v) is 7.65. The first-order chi connectivity index (χ1) is 11.3. The molecule has 0 atom stereocenters. The van der Waals surface area contributed by atoms with Crippen molar-refractivity contribution in [2.45, 2.75) is 6.92 Å². The van der Waals surface area contributed by atoms with Gasteiger partial charge in [-0.1, -0.05) is 55.0 Å². The van der Waals surface area contributed by atoms with Gasteiger partial charge in [0.15, 0.2) is 0 Å². The zero-order valence-corrected chi connectivity index (χ0v) is 13.5. The van der Waals surface area contributed by atoms with Crippen LogP contribution in [0.1, 0.15) is 6.92 Å². The first-order valence-electron chi connectivity index (χ1n) is 7.65. The molecule has 0 amide bonds. The highest BCUT2D eigenvalue weighted by Crippen LogP contribution is 2.29. The molecule has 0 saturated carbocycles.